The minimum Gasteiger partial charge on any atom is -0.491 e. The van der Waals surface area contributed by atoms with Gasteiger partial charge in [-0.15, -0.1) is 0 Å². The van der Waals surface area contributed by atoms with Crippen molar-refractivity contribution in [2.45, 2.75) is 39.7 Å². The van der Waals surface area contributed by atoms with E-state index >= 15 is 0 Å². The number of carbonyl (C=O) groups is 1. The van der Waals surface area contributed by atoms with Gasteiger partial charge in [0.05, 0.1) is 25.9 Å². The number of nitrogens with one attached hydrogen (secondary N) is 1. The highest BCUT2D eigenvalue weighted by Gasteiger charge is 2.13. The number of rotatable bonds is 14. The molecule has 0 radical (unpaired) electrons. The minimum atomic E-state index is -0.176. The molecule has 0 fully saturated rings. The maximum absolute atomic E-state index is 12.2. The third-order valence-corrected chi connectivity index (χ3v) is 4.24. The SMILES string of the molecule is CCCOc1ccc(C(C)NC(=O)COCCOc2ccccc2)cc1OCCC. The largest absolute Gasteiger partial charge is 0.491 e. The standard InChI is InChI=1S/C24H33NO5/c1-4-13-29-22-12-11-20(17-23(22)30-14-5-2)19(3)25-24(26)18-27-15-16-28-21-9-7-6-8-10-21/h6-12,17,19H,4-5,13-16,18H2,1-3H3,(H,25,26). The summed E-state index contributed by atoms with van der Waals surface area (Å²) in [5, 5.41) is 2.95. The van der Waals surface area contributed by atoms with Crippen LogP contribution in [0.25, 0.3) is 0 Å². The zero-order valence-corrected chi connectivity index (χ0v) is 18.2. The third kappa shape index (κ3) is 8.33. The smallest absolute Gasteiger partial charge is 0.246 e. The zero-order chi connectivity index (χ0) is 21.6. The van der Waals surface area contributed by atoms with Gasteiger partial charge in [-0.05, 0) is 49.6 Å². The Labute approximate surface area is 179 Å². The second-order valence-electron chi connectivity index (χ2n) is 6.91. The molecule has 1 atom stereocenters. The highest BCUT2D eigenvalue weighted by Crippen LogP contribution is 2.31. The molecular formula is C24H33NO5. The minimum absolute atomic E-state index is 0.0145. The molecule has 0 aliphatic carbocycles. The van der Waals surface area contributed by atoms with Gasteiger partial charge in [-0.3, -0.25) is 4.79 Å². The van der Waals surface area contributed by atoms with Gasteiger partial charge >= 0.3 is 0 Å². The summed E-state index contributed by atoms with van der Waals surface area (Å²) >= 11 is 0. The van der Waals surface area contributed by atoms with E-state index in [9.17, 15) is 4.79 Å². The lowest BCUT2D eigenvalue weighted by molar-refractivity contribution is -0.126. The summed E-state index contributed by atoms with van der Waals surface area (Å²) in [7, 11) is 0. The normalized spacial score (nSPS) is 11.6. The van der Waals surface area contributed by atoms with Crippen molar-refractivity contribution < 1.29 is 23.7 Å². The van der Waals surface area contributed by atoms with Gasteiger partial charge in [0.15, 0.2) is 11.5 Å². The van der Waals surface area contributed by atoms with Crippen molar-refractivity contribution in [2.75, 3.05) is 33.0 Å². The number of hydrogen-bond donors (Lipinski definition) is 1. The van der Waals surface area contributed by atoms with Gasteiger partial charge in [-0.1, -0.05) is 38.1 Å². The molecule has 30 heavy (non-hydrogen) atoms. The Bertz CT molecular complexity index is 751. The van der Waals surface area contributed by atoms with Crippen LogP contribution in [-0.4, -0.2) is 38.9 Å². The van der Waals surface area contributed by atoms with Gasteiger partial charge in [0.25, 0.3) is 0 Å². The van der Waals surface area contributed by atoms with Crippen LogP contribution in [0, 0.1) is 0 Å². The van der Waals surface area contributed by atoms with E-state index in [0.717, 1.165) is 29.9 Å². The molecule has 0 aliphatic rings. The van der Waals surface area contributed by atoms with Crippen molar-refractivity contribution in [2.24, 2.45) is 0 Å². The molecule has 1 N–H and O–H groups in total. The van der Waals surface area contributed by atoms with Crippen molar-refractivity contribution in [3.05, 3.63) is 54.1 Å². The predicted molar refractivity (Wildman–Crippen MR) is 117 cm³/mol. The van der Waals surface area contributed by atoms with Gasteiger partial charge in [0.2, 0.25) is 5.91 Å². The van der Waals surface area contributed by atoms with Crippen LogP contribution in [0.2, 0.25) is 0 Å². The second-order valence-corrected chi connectivity index (χ2v) is 6.91. The Balaban J connectivity index is 1.79. The Kier molecular flexibility index (Phi) is 10.6. The fourth-order valence-corrected chi connectivity index (χ4v) is 2.72. The van der Waals surface area contributed by atoms with Crippen LogP contribution in [0.3, 0.4) is 0 Å². The van der Waals surface area contributed by atoms with Crippen LogP contribution in [0.1, 0.15) is 45.2 Å². The molecule has 2 rings (SSSR count). The first-order valence-corrected chi connectivity index (χ1v) is 10.6. The number of amides is 1. The quantitative estimate of drug-likeness (QED) is 0.459. The summed E-state index contributed by atoms with van der Waals surface area (Å²) in [6.45, 7) is 8.03. The maximum Gasteiger partial charge on any atom is 0.246 e. The van der Waals surface area contributed by atoms with Crippen LogP contribution >= 0.6 is 0 Å². The van der Waals surface area contributed by atoms with Gasteiger partial charge in [0, 0.05) is 0 Å². The summed E-state index contributed by atoms with van der Waals surface area (Å²) in [5.74, 6) is 2.05. The van der Waals surface area contributed by atoms with Crippen molar-refractivity contribution >= 4 is 5.91 Å². The molecule has 0 saturated heterocycles. The number of ether oxygens (including phenoxy) is 4. The summed E-state index contributed by atoms with van der Waals surface area (Å²) < 4.78 is 22.5. The average Bonchev–Trinajstić information content (AvgIpc) is 2.76. The summed E-state index contributed by atoms with van der Waals surface area (Å²) in [6, 6.07) is 15.1. The van der Waals surface area contributed by atoms with Crippen molar-refractivity contribution in [3.8, 4) is 17.2 Å². The van der Waals surface area contributed by atoms with E-state index in [1.165, 1.54) is 0 Å². The molecule has 164 valence electrons. The van der Waals surface area contributed by atoms with Crippen LogP contribution < -0.4 is 19.5 Å². The molecule has 1 amide bonds. The monoisotopic (exact) mass is 415 g/mol. The Hall–Kier alpha value is -2.73. The first-order valence-electron chi connectivity index (χ1n) is 10.6. The Morgan fingerprint density at radius 3 is 2.27 bits per heavy atom. The molecule has 2 aromatic rings. The van der Waals surface area contributed by atoms with Crippen molar-refractivity contribution in [3.63, 3.8) is 0 Å². The van der Waals surface area contributed by atoms with E-state index in [4.69, 9.17) is 18.9 Å². The summed E-state index contributed by atoms with van der Waals surface area (Å²) in [6.07, 6.45) is 1.84. The molecule has 0 aliphatic heterocycles. The van der Waals surface area contributed by atoms with Crippen LogP contribution in [0.15, 0.2) is 48.5 Å². The zero-order valence-electron chi connectivity index (χ0n) is 18.2. The van der Waals surface area contributed by atoms with Gasteiger partial charge in [-0.25, -0.2) is 0 Å². The molecule has 0 spiro atoms. The number of hydrogen-bond acceptors (Lipinski definition) is 5. The fourth-order valence-electron chi connectivity index (χ4n) is 2.72. The van der Waals surface area contributed by atoms with Gasteiger partial charge < -0.3 is 24.3 Å². The lowest BCUT2D eigenvalue weighted by Gasteiger charge is -2.18. The van der Waals surface area contributed by atoms with Crippen LogP contribution in [0.4, 0.5) is 0 Å². The molecule has 0 bridgehead atoms. The van der Waals surface area contributed by atoms with E-state index in [1.54, 1.807) is 0 Å². The van der Waals surface area contributed by atoms with Crippen molar-refractivity contribution in [1.82, 2.24) is 5.32 Å². The number of benzene rings is 2. The highest BCUT2D eigenvalue weighted by atomic mass is 16.5. The maximum atomic E-state index is 12.2. The van der Waals surface area contributed by atoms with Crippen molar-refractivity contribution in [1.29, 1.82) is 0 Å². The lowest BCUT2D eigenvalue weighted by Crippen LogP contribution is -2.30. The predicted octanol–water partition coefficient (Wildman–Crippen LogP) is 4.54. The molecule has 0 aromatic heterocycles. The highest BCUT2D eigenvalue weighted by molar-refractivity contribution is 5.77. The molecule has 1 unspecified atom stereocenters. The first-order chi connectivity index (χ1) is 14.6. The van der Waals surface area contributed by atoms with Gasteiger partial charge in [-0.2, -0.15) is 0 Å². The second kappa shape index (κ2) is 13.5. The number of carbonyl (C=O) groups excluding carboxylic acids is 1. The fraction of sp³-hybridized carbons (Fsp3) is 0.458. The summed E-state index contributed by atoms with van der Waals surface area (Å²) in [4.78, 5) is 12.2. The van der Waals surface area contributed by atoms with E-state index < -0.39 is 0 Å². The number of para-hydroxylation sites is 1. The molecule has 0 saturated carbocycles. The summed E-state index contributed by atoms with van der Waals surface area (Å²) in [5.41, 5.74) is 0.950. The molecule has 0 heterocycles. The average molecular weight is 416 g/mol. The molecular weight excluding hydrogens is 382 g/mol. The van der Waals surface area contributed by atoms with Gasteiger partial charge in [0.1, 0.15) is 19.0 Å². The molecule has 6 nitrogen and oxygen atoms in total. The first kappa shape index (κ1) is 23.5. The van der Waals surface area contributed by atoms with E-state index in [0.29, 0.717) is 32.2 Å². The Morgan fingerprint density at radius 1 is 0.867 bits per heavy atom. The molecule has 2 aromatic carbocycles. The van der Waals surface area contributed by atoms with E-state index in [2.05, 4.69) is 19.2 Å². The topological polar surface area (TPSA) is 66.0 Å². The third-order valence-electron chi connectivity index (χ3n) is 4.24. The van der Waals surface area contributed by atoms with E-state index in [-0.39, 0.29) is 18.6 Å². The van der Waals surface area contributed by atoms with E-state index in [1.807, 2.05) is 55.5 Å². The van der Waals surface area contributed by atoms with Crippen LogP contribution in [0.5, 0.6) is 17.2 Å². The van der Waals surface area contributed by atoms with Crippen LogP contribution in [-0.2, 0) is 9.53 Å². The lowest BCUT2D eigenvalue weighted by atomic mass is 10.1. The molecule has 6 heteroatoms. The Morgan fingerprint density at radius 2 is 1.57 bits per heavy atom.